The maximum absolute atomic E-state index is 13.3. The molecule has 0 aromatic heterocycles. The Hall–Kier alpha value is -3.40. The molecule has 0 bridgehead atoms. The lowest BCUT2D eigenvalue weighted by Gasteiger charge is -2.09. The fraction of sp³-hybridized carbons (Fsp3) is 0.160. The van der Waals surface area contributed by atoms with E-state index in [4.69, 9.17) is 9.47 Å². The summed E-state index contributed by atoms with van der Waals surface area (Å²) in [5, 5.41) is 0. The van der Waals surface area contributed by atoms with E-state index in [1.54, 1.807) is 30.3 Å². The molecular formula is C25H21FO3. The van der Waals surface area contributed by atoms with Gasteiger partial charge in [-0.3, -0.25) is 4.79 Å². The van der Waals surface area contributed by atoms with E-state index in [0.717, 1.165) is 23.1 Å². The molecule has 1 aliphatic rings. The van der Waals surface area contributed by atoms with Crippen LogP contribution in [-0.2, 0) is 13.0 Å². The first-order chi connectivity index (χ1) is 14.0. The van der Waals surface area contributed by atoms with E-state index in [2.05, 4.69) is 6.92 Å². The number of fused-ring (bicyclic) bond motifs is 1. The first-order valence-electron chi connectivity index (χ1n) is 9.58. The highest BCUT2D eigenvalue weighted by Gasteiger charge is 2.30. The number of ketones is 1. The Bertz CT molecular complexity index is 1100. The topological polar surface area (TPSA) is 35.5 Å². The molecule has 0 saturated heterocycles. The molecule has 0 radical (unpaired) electrons. The lowest BCUT2D eigenvalue weighted by Crippen LogP contribution is -2.00. The summed E-state index contributed by atoms with van der Waals surface area (Å²) in [4.78, 5) is 12.8. The fourth-order valence-corrected chi connectivity index (χ4v) is 3.36. The summed E-state index contributed by atoms with van der Waals surface area (Å²) < 4.78 is 25.0. The number of allylic oxidation sites excluding steroid dienone is 1. The molecule has 0 spiro atoms. The van der Waals surface area contributed by atoms with Crippen LogP contribution in [0, 0.1) is 12.7 Å². The summed E-state index contributed by atoms with van der Waals surface area (Å²) in [6, 6.07) is 17.8. The van der Waals surface area contributed by atoms with Gasteiger partial charge in [0.15, 0.2) is 5.76 Å². The first-order valence-corrected chi connectivity index (χ1v) is 9.58. The number of carbonyl (C=O) groups is 1. The predicted octanol–water partition coefficient (Wildman–Crippen LogP) is 5.89. The van der Waals surface area contributed by atoms with Crippen LogP contribution in [0.15, 0.2) is 66.4 Å². The molecule has 1 aliphatic heterocycles. The van der Waals surface area contributed by atoms with Gasteiger partial charge in [0.05, 0.1) is 5.56 Å². The molecule has 0 saturated carbocycles. The average Bonchev–Trinajstić information content (AvgIpc) is 3.03. The zero-order valence-corrected chi connectivity index (χ0v) is 16.4. The number of hydrogen-bond donors (Lipinski definition) is 0. The summed E-state index contributed by atoms with van der Waals surface area (Å²) in [6.45, 7) is 4.19. The average molecular weight is 388 g/mol. The molecule has 0 amide bonds. The van der Waals surface area contributed by atoms with Gasteiger partial charge >= 0.3 is 0 Å². The van der Waals surface area contributed by atoms with Crippen molar-refractivity contribution in [3.8, 4) is 11.5 Å². The van der Waals surface area contributed by atoms with E-state index in [0.29, 0.717) is 22.8 Å². The monoisotopic (exact) mass is 388 g/mol. The highest BCUT2D eigenvalue weighted by Crippen LogP contribution is 2.37. The van der Waals surface area contributed by atoms with Crippen LogP contribution in [0.2, 0.25) is 0 Å². The Morgan fingerprint density at radius 1 is 1.03 bits per heavy atom. The van der Waals surface area contributed by atoms with Crippen molar-refractivity contribution >= 4 is 11.9 Å². The number of halogens is 1. The fourth-order valence-electron chi connectivity index (χ4n) is 3.36. The third kappa shape index (κ3) is 4.06. The minimum Gasteiger partial charge on any atom is -0.489 e. The minimum absolute atomic E-state index is 0.131. The Labute approximate surface area is 169 Å². The number of aryl methyl sites for hydroxylation is 2. The van der Waals surface area contributed by atoms with Crippen LogP contribution >= 0.6 is 0 Å². The van der Waals surface area contributed by atoms with Crippen molar-refractivity contribution in [2.45, 2.75) is 26.9 Å². The Balaban J connectivity index is 1.55. The van der Waals surface area contributed by atoms with Crippen molar-refractivity contribution in [3.63, 3.8) is 0 Å². The lowest BCUT2D eigenvalue weighted by atomic mass is 10.0. The van der Waals surface area contributed by atoms with Crippen molar-refractivity contribution in [2.75, 3.05) is 0 Å². The summed E-state index contributed by atoms with van der Waals surface area (Å²) in [5.41, 5.74) is 4.23. The van der Waals surface area contributed by atoms with Crippen molar-refractivity contribution in [1.82, 2.24) is 0 Å². The molecule has 0 fully saturated rings. The van der Waals surface area contributed by atoms with Gasteiger partial charge in [-0.15, -0.1) is 0 Å². The number of benzene rings is 3. The standard InChI is InChI=1S/C25H21FO3/c1-3-17-7-9-18(10-8-17)13-23-25(27)24-16(2)11-21(14-22(24)29-23)28-15-19-5-4-6-20(26)12-19/h4-14H,3,15H2,1-2H3/b23-13-. The smallest absolute Gasteiger partial charge is 0.232 e. The third-order valence-electron chi connectivity index (χ3n) is 4.92. The second kappa shape index (κ2) is 7.92. The molecule has 3 aromatic carbocycles. The van der Waals surface area contributed by atoms with Crippen LogP contribution < -0.4 is 9.47 Å². The molecule has 1 heterocycles. The zero-order chi connectivity index (χ0) is 20.4. The molecule has 0 aliphatic carbocycles. The molecule has 0 unspecified atom stereocenters. The number of Topliss-reactive ketones (excluding diaryl/α,β-unsaturated/α-hetero) is 1. The second-order valence-electron chi connectivity index (χ2n) is 7.07. The van der Waals surface area contributed by atoms with Gasteiger partial charge in [-0.25, -0.2) is 4.39 Å². The predicted molar refractivity (Wildman–Crippen MR) is 111 cm³/mol. The van der Waals surface area contributed by atoms with Gasteiger partial charge in [0.25, 0.3) is 0 Å². The molecule has 29 heavy (non-hydrogen) atoms. The number of hydrogen-bond acceptors (Lipinski definition) is 3. The summed E-state index contributed by atoms with van der Waals surface area (Å²) >= 11 is 0. The SMILES string of the molecule is CCc1ccc(/C=C2\Oc3cc(OCc4cccc(F)c4)cc(C)c3C2=O)cc1. The van der Waals surface area contributed by atoms with Crippen molar-refractivity contribution < 1.29 is 18.7 Å². The molecule has 0 atom stereocenters. The van der Waals surface area contributed by atoms with Crippen LogP contribution in [0.1, 0.15) is 39.5 Å². The van der Waals surface area contributed by atoms with E-state index in [1.807, 2.05) is 31.2 Å². The molecule has 0 N–H and O–H groups in total. The maximum atomic E-state index is 13.3. The Morgan fingerprint density at radius 3 is 2.55 bits per heavy atom. The van der Waals surface area contributed by atoms with Gasteiger partial charge in [-0.1, -0.05) is 43.3 Å². The van der Waals surface area contributed by atoms with Crippen LogP contribution in [0.25, 0.3) is 6.08 Å². The van der Waals surface area contributed by atoms with Gasteiger partial charge < -0.3 is 9.47 Å². The minimum atomic E-state index is -0.299. The van der Waals surface area contributed by atoms with Crippen molar-refractivity contribution in [3.05, 3.63) is 100 Å². The Morgan fingerprint density at radius 2 is 1.83 bits per heavy atom. The maximum Gasteiger partial charge on any atom is 0.232 e. The van der Waals surface area contributed by atoms with Crippen molar-refractivity contribution in [1.29, 1.82) is 0 Å². The van der Waals surface area contributed by atoms with Gasteiger partial charge in [0, 0.05) is 6.07 Å². The number of rotatable bonds is 5. The van der Waals surface area contributed by atoms with E-state index in [-0.39, 0.29) is 18.2 Å². The van der Waals surface area contributed by atoms with Crippen LogP contribution in [0.5, 0.6) is 11.5 Å². The lowest BCUT2D eigenvalue weighted by molar-refractivity contribution is 0.101. The molecule has 3 aromatic rings. The Kier molecular flexibility index (Phi) is 5.17. The molecule has 4 rings (SSSR count). The van der Waals surface area contributed by atoms with E-state index < -0.39 is 0 Å². The summed E-state index contributed by atoms with van der Waals surface area (Å²) in [7, 11) is 0. The van der Waals surface area contributed by atoms with Crippen molar-refractivity contribution in [2.24, 2.45) is 0 Å². The van der Waals surface area contributed by atoms with Crippen LogP contribution in [0.3, 0.4) is 0 Å². The quantitative estimate of drug-likeness (QED) is 0.511. The zero-order valence-electron chi connectivity index (χ0n) is 16.4. The van der Waals surface area contributed by atoms with Crippen LogP contribution in [-0.4, -0.2) is 5.78 Å². The van der Waals surface area contributed by atoms with E-state index >= 15 is 0 Å². The molecule has 3 nitrogen and oxygen atoms in total. The van der Waals surface area contributed by atoms with E-state index in [9.17, 15) is 9.18 Å². The van der Waals surface area contributed by atoms with E-state index in [1.165, 1.54) is 17.7 Å². The number of carbonyl (C=O) groups excluding carboxylic acids is 1. The van der Waals surface area contributed by atoms with Gasteiger partial charge in [-0.05, 0) is 59.9 Å². The summed E-state index contributed by atoms with van der Waals surface area (Å²) in [6.07, 6.45) is 2.73. The molecule has 4 heteroatoms. The van der Waals surface area contributed by atoms with Gasteiger partial charge in [0.2, 0.25) is 5.78 Å². The normalized spacial score (nSPS) is 14.0. The second-order valence-corrected chi connectivity index (χ2v) is 7.07. The highest BCUT2D eigenvalue weighted by atomic mass is 19.1. The van der Waals surface area contributed by atoms with Crippen LogP contribution in [0.4, 0.5) is 4.39 Å². The molecular weight excluding hydrogens is 367 g/mol. The van der Waals surface area contributed by atoms with Gasteiger partial charge in [0.1, 0.15) is 23.9 Å². The van der Waals surface area contributed by atoms with Gasteiger partial charge in [-0.2, -0.15) is 0 Å². The number of ether oxygens (including phenoxy) is 2. The molecule has 146 valence electrons. The highest BCUT2D eigenvalue weighted by molar-refractivity contribution is 6.15. The largest absolute Gasteiger partial charge is 0.489 e. The first kappa shape index (κ1) is 18.9. The summed E-state index contributed by atoms with van der Waals surface area (Å²) in [5.74, 6) is 0.933. The third-order valence-corrected chi connectivity index (χ3v) is 4.92.